The van der Waals surface area contributed by atoms with Crippen molar-refractivity contribution < 1.29 is 17.6 Å². The van der Waals surface area contributed by atoms with Gasteiger partial charge in [0, 0.05) is 5.56 Å². The third-order valence-electron chi connectivity index (χ3n) is 2.89. The van der Waals surface area contributed by atoms with Crippen LogP contribution in [0.15, 0.2) is 47.4 Å². The first-order valence-corrected chi connectivity index (χ1v) is 7.53. The molecule has 0 spiro atoms. The highest BCUT2D eigenvalue weighted by atomic mass is 32.2. The average Bonchev–Trinajstić information content (AvgIpc) is 2.41. The molecule has 0 aromatic heterocycles. The molecule has 2 rings (SSSR count). The van der Waals surface area contributed by atoms with Crippen molar-refractivity contribution in [2.24, 2.45) is 5.14 Å². The summed E-state index contributed by atoms with van der Waals surface area (Å²) in [5.41, 5.74) is 0.745. The van der Waals surface area contributed by atoms with Crippen LogP contribution in [0.5, 0.6) is 0 Å². The molecule has 0 fully saturated rings. The third-order valence-corrected chi connectivity index (χ3v) is 3.86. The van der Waals surface area contributed by atoms with E-state index in [1.165, 1.54) is 30.3 Å². The lowest BCUT2D eigenvalue weighted by Gasteiger charge is -2.11. The smallest absolute Gasteiger partial charge is 0.256 e. The molecule has 5 nitrogen and oxygen atoms in total. The molecule has 0 saturated carbocycles. The van der Waals surface area contributed by atoms with E-state index in [2.05, 4.69) is 5.32 Å². The van der Waals surface area contributed by atoms with E-state index in [4.69, 9.17) is 5.14 Å². The molecule has 3 N–H and O–H groups in total. The summed E-state index contributed by atoms with van der Waals surface area (Å²) in [6.45, 7) is 1.65. The number of aryl methyl sites for hydroxylation is 1. The molecule has 0 saturated heterocycles. The summed E-state index contributed by atoms with van der Waals surface area (Å²) >= 11 is 0. The molecule has 2 aromatic rings. The van der Waals surface area contributed by atoms with Crippen molar-refractivity contribution in [1.82, 2.24) is 0 Å². The van der Waals surface area contributed by atoms with Crippen molar-refractivity contribution in [3.63, 3.8) is 0 Å². The number of nitrogens with one attached hydrogen (secondary N) is 1. The number of primary sulfonamides is 1. The standard InChI is InChI=1S/C14H13FN2O3S/c1-9-6-7-10(15)8-11(9)14(18)17-12-4-2-3-5-13(12)21(16,19)20/h2-8H,1H3,(H,17,18)(H2,16,19,20). The van der Waals surface area contributed by atoms with Gasteiger partial charge < -0.3 is 5.32 Å². The van der Waals surface area contributed by atoms with Gasteiger partial charge in [0.1, 0.15) is 10.7 Å². The second kappa shape index (κ2) is 5.63. The van der Waals surface area contributed by atoms with Crippen molar-refractivity contribution >= 4 is 21.6 Å². The molecule has 0 radical (unpaired) electrons. The van der Waals surface area contributed by atoms with Crippen molar-refractivity contribution in [2.75, 3.05) is 5.32 Å². The van der Waals surface area contributed by atoms with E-state index in [-0.39, 0.29) is 16.1 Å². The Morgan fingerprint density at radius 1 is 1.19 bits per heavy atom. The van der Waals surface area contributed by atoms with Crippen molar-refractivity contribution in [2.45, 2.75) is 11.8 Å². The van der Waals surface area contributed by atoms with Gasteiger partial charge in [-0.25, -0.2) is 17.9 Å². The Morgan fingerprint density at radius 2 is 1.86 bits per heavy atom. The van der Waals surface area contributed by atoms with Crippen LogP contribution in [0.3, 0.4) is 0 Å². The average molecular weight is 308 g/mol. The Kier molecular flexibility index (Phi) is 4.06. The fraction of sp³-hybridized carbons (Fsp3) is 0.0714. The number of benzene rings is 2. The second-order valence-corrected chi connectivity index (χ2v) is 5.98. The first-order chi connectivity index (χ1) is 9.79. The molecule has 0 aliphatic rings. The number of nitrogens with two attached hydrogens (primary N) is 1. The lowest BCUT2D eigenvalue weighted by atomic mass is 10.1. The van der Waals surface area contributed by atoms with E-state index < -0.39 is 21.7 Å². The number of rotatable bonds is 3. The number of sulfonamides is 1. The van der Waals surface area contributed by atoms with E-state index >= 15 is 0 Å². The predicted octanol–water partition coefficient (Wildman–Crippen LogP) is 2.03. The maximum Gasteiger partial charge on any atom is 0.256 e. The number of halogens is 1. The number of carbonyl (C=O) groups excluding carboxylic acids is 1. The Balaban J connectivity index is 2.39. The van der Waals surface area contributed by atoms with Crippen LogP contribution in [-0.4, -0.2) is 14.3 Å². The molecule has 0 aliphatic carbocycles. The molecule has 0 aliphatic heterocycles. The largest absolute Gasteiger partial charge is 0.321 e. The minimum atomic E-state index is -3.97. The second-order valence-electron chi connectivity index (χ2n) is 4.45. The summed E-state index contributed by atoms with van der Waals surface area (Å²) in [6.07, 6.45) is 0. The number of para-hydroxylation sites is 1. The summed E-state index contributed by atoms with van der Waals surface area (Å²) in [7, 11) is -3.97. The van der Waals surface area contributed by atoms with Gasteiger partial charge in [-0.1, -0.05) is 18.2 Å². The molecule has 0 unspecified atom stereocenters. The quantitative estimate of drug-likeness (QED) is 0.909. The Hall–Kier alpha value is -2.25. The van der Waals surface area contributed by atoms with Crippen LogP contribution >= 0.6 is 0 Å². The lowest BCUT2D eigenvalue weighted by Crippen LogP contribution is -2.19. The summed E-state index contributed by atoms with van der Waals surface area (Å²) in [4.78, 5) is 12.0. The van der Waals surface area contributed by atoms with Crippen molar-refractivity contribution in [1.29, 1.82) is 0 Å². The lowest BCUT2D eigenvalue weighted by molar-refractivity contribution is 0.102. The highest BCUT2D eigenvalue weighted by Crippen LogP contribution is 2.21. The third kappa shape index (κ3) is 3.45. The van der Waals surface area contributed by atoms with E-state index in [9.17, 15) is 17.6 Å². The minimum absolute atomic E-state index is 0.0497. The molecule has 7 heteroatoms. The number of hydrogen-bond acceptors (Lipinski definition) is 3. The van der Waals surface area contributed by atoms with E-state index in [0.717, 1.165) is 6.07 Å². The predicted molar refractivity (Wildman–Crippen MR) is 76.9 cm³/mol. The summed E-state index contributed by atoms with van der Waals surface area (Å²) < 4.78 is 36.1. The number of carbonyl (C=O) groups is 1. The van der Waals surface area contributed by atoms with Crippen LogP contribution in [0.1, 0.15) is 15.9 Å². The molecule has 0 bridgehead atoms. The number of hydrogen-bond donors (Lipinski definition) is 2. The zero-order valence-corrected chi connectivity index (χ0v) is 11.9. The Morgan fingerprint density at radius 3 is 2.52 bits per heavy atom. The van der Waals surface area contributed by atoms with Crippen molar-refractivity contribution in [3.05, 3.63) is 59.4 Å². The van der Waals surface area contributed by atoms with Gasteiger partial charge >= 0.3 is 0 Å². The fourth-order valence-corrected chi connectivity index (χ4v) is 2.54. The van der Waals surface area contributed by atoms with Gasteiger partial charge in [0.2, 0.25) is 10.0 Å². The SMILES string of the molecule is Cc1ccc(F)cc1C(=O)Nc1ccccc1S(N)(=O)=O. The molecule has 1 amide bonds. The summed E-state index contributed by atoms with van der Waals surface area (Å²) in [5, 5.41) is 7.52. The van der Waals surface area contributed by atoms with Crippen LogP contribution in [-0.2, 0) is 10.0 Å². The molecular formula is C14H13FN2O3S. The summed E-state index contributed by atoms with van der Waals surface area (Å²) in [6, 6.07) is 9.53. The highest BCUT2D eigenvalue weighted by molar-refractivity contribution is 7.89. The molecular weight excluding hydrogens is 295 g/mol. The van der Waals surface area contributed by atoms with Gasteiger partial charge in [0.25, 0.3) is 5.91 Å². The number of anilines is 1. The zero-order chi connectivity index (χ0) is 15.6. The molecule has 2 aromatic carbocycles. The maximum absolute atomic E-state index is 13.2. The van der Waals surface area contributed by atoms with Crippen LogP contribution in [0, 0.1) is 12.7 Å². The van der Waals surface area contributed by atoms with E-state index in [1.54, 1.807) is 13.0 Å². The summed E-state index contributed by atoms with van der Waals surface area (Å²) in [5.74, 6) is -1.16. The number of amides is 1. The van der Waals surface area contributed by atoms with E-state index in [1.807, 2.05) is 0 Å². The monoisotopic (exact) mass is 308 g/mol. The van der Waals surface area contributed by atoms with Crippen LogP contribution < -0.4 is 10.5 Å². The van der Waals surface area contributed by atoms with Gasteiger partial charge in [-0.3, -0.25) is 4.79 Å². The Bertz CT molecular complexity index is 804. The first-order valence-electron chi connectivity index (χ1n) is 5.98. The van der Waals surface area contributed by atoms with Crippen LogP contribution in [0.2, 0.25) is 0 Å². The maximum atomic E-state index is 13.2. The molecule has 0 heterocycles. The van der Waals surface area contributed by atoms with E-state index in [0.29, 0.717) is 5.56 Å². The molecule has 0 atom stereocenters. The minimum Gasteiger partial charge on any atom is -0.321 e. The fourth-order valence-electron chi connectivity index (χ4n) is 1.85. The topological polar surface area (TPSA) is 89.3 Å². The molecule has 110 valence electrons. The van der Waals surface area contributed by atoms with Crippen LogP contribution in [0.25, 0.3) is 0 Å². The first kappa shape index (κ1) is 15.1. The highest BCUT2D eigenvalue weighted by Gasteiger charge is 2.17. The normalized spacial score (nSPS) is 11.2. The van der Waals surface area contributed by atoms with Gasteiger partial charge in [-0.05, 0) is 36.8 Å². The van der Waals surface area contributed by atoms with Crippen molar-refractivity contribution in [3.8, 4) is 0 Å². The Labute approximate surface area is 121 Å². The van der Waals surface area contributed by atoms with Crippen LogP contribution in [0.4, 0.5) is 10.1 Å². The van der Waals surface area contributed by atoms with Gasteiger partial charge in [0.05, 0.1) is 5.69 Å². The van der Waals surface area contributed by atoms with Gasteiger partial charge in [-0.2, -0.15) is 0 Å². The van der Waals surface area contributed by atoms with Gasteiger partial charge in [-0.15, -0.1) is 0 Å². The van der Waals surface area contributed by atoms with Gasteiger partial charge in [0.15, 0.2) is 0 Å². The zero-order valence-electron chi connectivity index (χ0n) is 11.1. The molecule has 21 heavy (non-hydrogen) atoms.